The number of halogens is 1. The molecule has 3 rings (SSSR count). The molecule has 0 spiro atoms. The van der Waals surface area contributed by atoms with E-state index in [1.807, 2.05) is 20.8 Å². The summed E-state index contributed by atoms with van der Waals surface area (Å²) in [5.74, 6) is -0.727. The molecule has 2 amide bonds. The second kappa shape index (κ2) is 9.67. The molecule has 0 bridgehead atoms. The lowest BCUT2D eigenvalue weighted by atomic mass is 9.86. The third-order valence-electron chi connectivity index (χ3n) is 5.58. The molecule has 1 fully saturated rings. The number of amides is 2. The lowest BCUT2D eigenvalue weighted by molar-refractivity contribution is -0.144. The van der Waals surface area contributed by atoms with Crippen molar-refractivity contribution >= 4 is 11.8 Å². The summed E-state index contributed by atoms with van der Waals surface area (Å²) in [6.07, 6.45) is -0.652. The molecule has 0 aliphatic carbocycles. The van der Waals surface area contributed by atoms with Crippen molar-refractivity contribution < 1.29 is 23.9 Å². The molecular formula is C24H30FN3O4. The smallest absolute Gasteiger partial charge is 0.275 e. The molecule has 1 aliphatic rings. The Bertz CT molecular complexity index is 958. The highest BCUT2D eigenvalue weighted by Crippen LogP contribution is 2.27. The van der Waals surface area contributed by atoms with Crippen molar-refractivity contribution in [2.45, 2.75) is 45.4 Å². The summed E-state index contributed by atoms with van der Waals surface area (Å²) < 4.78 is 13.9. The zero-order valence-corrected chi connectivity index (χ0v) is 18.8. The fourth-order valence-electron chi connectivity index (χ4n) is 3.97. The maximum absolute atomic E-state index is 13.9. The molecule has 3 atom stereocenters. The number of likely N-dealkylation sites (tertiary alicyclic amines) is 1. The van der Waals surface area contributed by atoms with Crippen LogP contribution in [-0.2, 0) is 9.59 Å². The Labute approximate surface area is 187 Å². The van der Waals surface area contributed by atoms with Gasteiger partial charge in [-0.2, -0.15) is 5.48 Å². The van der Waals surface area contributed by atoms with Crippen LogP contribution in [0.25, 0.3) is 11.1 Å². The number of hydrogen-bond donors (Lipinski definition) is 3. The SMILES string of the molecule is CN[C@H](C(=O)N1C[C@H](O)C[C@H]1C(=O)NOc1ccc(-c2ccccc2F)cc1)C(C)(C)C. The lowest BCUT2D eigenvalue weighted by Crippen LogP contribution is -2.56. The molecule has 2 aromatic rings. The van der Waals surface area contributed by atoms with Gasteiger partial charge in [0.05, 0.1) is 12.1 Å². The zero-order valence-electron chi connectivity index (χ0n) is 18.8. The Morgan fingerprint density at radius 1 is 1.16 bits per heavy atom. The van der Waals surface area contributed by atoms with Gasteiger partial charge in [0.1, 0.15) is 11.9 Å². The van der Waals surface area contributed by atoms with Crippen molar-refractivity contribution in [2.75, 3.05) is 13.6 Å². The Morgan fingerprint density at radius 2 is 1.81 bits per heavy atom. The number of β-amino-alcohol motifs (C(OH)–C–C–N with tert-alkyl or cyclic N) is 1. The van der Waals surface area contributed by atoms with Crippen LogP contribution in [0.4, 0.5) is 4.39 Å². The minimum Gasteiger partial charge on any atom is -0.391 e. The third-order valence-corrected chi connectivity index (χ3v) is 5.58. The predicted molar refractivity (Wildman–Crippen MR) is 119 cm³/mol. The second-order valence-corrected chi connectivity index (χ2v) is 9.06. The predicted octanol–water partition coefficient (Wildman–Crippen LogP) is 2.50. The van der Waals surface area contributed by atoms with Crippen LogP contribution in [-0.4, -0.2) is 53.6 Å². The maximum atomic E-state index is 13.9. The van der Waals surface area contributed by atoms with Gasteiger partial charge in [0.15, 0.2) is 5.75 Å². The average molecular weight is 444 g/mol. The van der Waals surface area contributed by atoms with Crippen LogP contribution >= 0.6 is 0 Å². The monoisotopic (exact) mass is 443 g/mol. The molecule has 172 valence electrons. The highest BCUT2D eigenvalue weighted by Gasteiger charge is 2.43. The van der Waals surface area contributed by atoms with Gasteiger partial charge in [0.25, 0.3) is 5.91 Å². The zero-order chi connectivity index (χ0) is 23.5. The number of nitrogens with zero attached hydrogens (tertiary/aromatic N) is 1. The summed E-state index contributed by atoms with van der Waals surface area (Å²) in [5.41, 5.74) is 3.16. The summed E-state index contributed by atoms with van der Waals surface area (Å²) in [6.45, 7) is 5.88. The molecule has 8 heteroatoms. The summed E-state index contributed by atoms with van der Waals surface area (Å²) in [7, 11) is 1.70. The summed E-state index contributed by atoms with van der Waals surface area (Å²) >= 11 is 0. The number of aliphatic hydroxyl groups is 1. The van der Waals surface area contributed by atoms with E-state index in [4.69, 9.17) is 4.84 Å². The van der Waals surface area contributed by atoms with Gasteiger partial charge in [-0.15, -0.1) is 0 Å². The summed E-state index contributed by atoms with van der Waals surface area (Å²) in [6, 6.07) is 11.7. The first kappa shape index (κ1) is 23.7. The second-order valence-electron chi connectivity index (χ2n) is 9.06. The Hall–Kier alpha value is -2.97. The van der Waals surface area contributed by atoms with Crippen molar-refractivity contribution in [3.05, 3.63) is 54.3 Å². The van der Waals surface area contributed by atoms with E-state index < -0.39 is 24.1 Å². The number of rotatable bonds is 6. The number of aliphatic hydroxyl groups excluding tert-OH is 1. The largest absolute Gasteiger partial charge is 0.391 e. The fourth-order valence-corrected chi connectivity index (χ4v) is 3.97. The van der Waals surface area contributed by atoms with E-state index in [-0.39, 0.29) is 30.1 Å². The molecule has 1 heterocycles. The van der Waals surface area contributed by atoms with Crippen molar-refractivity contribution in [3.8, 4) is 16.9 Å². The number of nitrogens with one attached hydrogen (secondary N) is 2. The highest BCUT2D eigenvalue weighted by molar-refractivity contribution is 5.90. The normalized spacial score (nSPS) is 19.5. The van der Waals surface area contributed by atoms with E-state index in [0.717, 1.165) is 0 Å². The Kier molecular flexibility index (Phi) is 7.16. The van der Waals surface area contributed by atoms with Gasteiger partial charge in [-0.1, -0.05) is 51.1 Å². The van der Waals surface area contributed by atoms with E-state index >= 15 is 0 Å². The van der Waals surface area contributed by atoms with Crippen LogP contribution in [0, 0.1) is 11.2 Å². The molecule has 3 N–H and O–H groups in total. The number of hydroxylamine groups is 1. The quantitative estimate of drug-likeness (QED) is 0.597. The number of likely N-dealkylation sites (N-methyl/N-ethyl adjacent to an activating group) is 1. The molecule has 7 nitrogen and oxygen atoms in total. The molecule has 0 saturated carbocycles. The number of hydrogen-bond acceptors (Lipinski definition) is 5. The van der Waals surface area contributed by atoms with Crippen LogP contribution in [0.1, 0.15) is 27.2 Å². The number of benzene rings is 2. The van der Waals surface area contributed by atoms with Crippen molar-refractivity contribution in [1.82, 2.24) is 15.7 Å². The van der Waals surface area contributed by atoms with E-state index in [2.05, 4.69) is 10.8 Å². The molecule has 0 aromatic heterocycles. The first-order valence-corrected chi connectivity index (χ1v) is 10.6. The van der Waals surface area contributed by atoms with E-state index in [1.54, 1.807) is 49.5 Å². The van der Waals surface area contributed by atoms with Crippen LogP contribution < -0.4 is 15.6 Å². The van der Waals surface area contributed by atoms with E-state index in [1.165, 1.54) is 11.0 Å². The third kappa shape index (κ3) is 5.26. The summed E-state index contributed by atoms with van der Waals surface area (Å²) in [4.78, 5) is 32.6. The molecule has 1 saturated heterocycles. The maximum Gasteiger partial charge on any atom is 0.275 e. The first-order valence-electron chi connectivity index (χ1n) is 10.6. The lowest BCUT2D eigenvalue weighted by Gasteiger charge is -2.34. The van der Waals surface area contributed by atoms with Gasteiger partial charge in [0.2, 0.25) is 5.91 Å². The first-order chi connectivity index (χ1) is 15.1. The minimum atomic E-state index is -0.839. The number of carbonyl (C=O) groups is 2. The van der Waals surface area contributed by atoms with Gasteiger partial charge < -0.3 is 20.2 Å². The van der Waals surface area contributed by atoms with Gasteiger partial charge in [-0.3, -0.25) is 9.59 Å². The molecule has 32 heavy (non-hydrogen) atoms. The topological polar surface area (TPSA) is 90.9 Å². The van der Waals surface area contributed by atoms with Crippen LogP contribution in [0.15, 0.2) is 48.5 Å². The van der Waals surface area contributed by atoms with E-state index in [9.17, 15) is 19.1 Å². The van der Waals surface area contributed by atoms with Gasteiger partial charge in [-0.05, 0) is 36.2 Å². The van der Waals surface area contributed by atoms with Gasteiger partial charge in [-0.25, -0.2) is 4.39 Å². The minimum absolute atomic E-state index is 0.0858. The molecule has 1 aliphatic heterocycles. The van der Waals surface area contributed by atoms with Gasteiger partial charge in [0, 0.05) is 18.5 Å². The van der Waals surface area contributed by atoms with Gasteiger partial charge >= 0.3 is 0 Å². The average Bonchev–Trinajstić information content (AvgIpc) is 3.14. The molecule has 0 unspecified atom stereocenters. The van der Waals surface area contributed by atoms with E-state index in [0.29, 0.717) is 16.9 Å². The molecule has 0 radical (unpaired) electrons. The fraction of sp³-hybridized carbons (Fsp3) is 0.417. The van der Waals surface area contributed by atoms with Crippen molar-refractivity contribution in [3.63, 3.8) is 0 Å². The Morgan fingerprint density at radius 3 is 2.41 bits per heavy atom. The van der Waals surface area contributed by atoms with Crippen molar-refractivity contribution in [1.29, 1.82) is 0 Å². The van der Waals surface area contributed by atoms with Crippen molar-refractivity contribution in [2.24, 2.45) is 5.41 Å². The highest BCUT2D eigenvalue weighted by atomic mass is 19.1. The van der Waals surface area contributed by atoms with Crippen LogP contribution in [0.2, 0.25) is 0 Å². The molecule has 2 aromatic carbocycles. The molecular weight excluding hydrogens is 413 g/mol. The van der Waals surface area contributed by atoms with Crippen LogP contribution in [0.3, 0.4) is 0 Å². The van der Waals surface area contributed by atoms with Crippen LogP contribution in [0.5, 0.6) is 5.75 Å². The standard InChI is InChI=1S/C24H30FN3O4/c1-24(2,3)21(26-4)23(31)28-14-16(29)13-20(28)22(30)27-32-17-11-9-15(10-12-17)18-7-5-6-8-19(18)25/h5-12,16,20-21,26,29H,13-14H2,1-4H3,(H,27,30)/t16-,20+,21-/m1/s1. The summed E-state index contributed by atoms with van der Waals surface area (Å²) in [5, 5.41) is 13.1. The number of carbonyl (C=O) groups excluding carboxylic acids is 2. The Balaban J connectivity index is 1.65.